The minimum Gasteiger partial charge on any atom is -0.479 e. The molecule has 2 rings (SSSR count). The summed E-state index contributed by atoms with van der Waals surface area (Å²) in [7, 11) is 3.70. The number of nitrogens with zero attached hydrogens (tertiary/aromatic N) is 2. The van der Waals surface area contributed by atoms with E-state index >= 15 is 0 Å². The number of nitrogens with two attached hydrogens (primary N) is 1. The maximum absolute atomic E-state index is 5.73. The van der Waals surface area contributed by atoms with Crippen LogP contribution in [-0.2, 0) is 0 Å². The summed E-state index contributed by atoms with van der Waals surface area (Å²) in [5.74, 6) is 0.990. The van der Waals surface area contributed by atoms with E-state index in [2.05, 4.69) is 16.9 Å². The van der Waals surface area contributed by atoms with Gasteiger partial charge in [-0.25, -0.2) is 0 Å². The van der Waals surface area contributed by atoms with Crippen molar-refractivity contribution in [2.24, 2.45) is 0 Å². The molecule has 0 amide bonds. The van der Waals surface area contributed by atoms with Gasteiger partial charge in [0.2, 0.25) is 11.8 Å². The molecule has 1 aliphatic heterocycles. The summed E-state index contributed by atoms with van der Waals surface area (Å²) in [6.45, 7) is 1.81. The lowest BCUT2D eigenvalue weighted by Gasteiger charge is -2.31. The van der Waals surface area contributed by atoms with Gasteiger partial charge in [-0.15, -0.1) is 0 Å². The lowest BCUT2D eigenvalue weighted by atomic mass is 10.0. The molecule has 1 aliphatic rings. The van der Waals surface area contributed by atoms with E-state index in [9.17, 15) is 0 Å². The van der Waals surface area contributed by atoms with Crippen molar-refractivity contribution in [3.05, 3.63) is 12.1 Å². The Labute approximate surface area is 108 Å². The Balaban J connectivity index is 1.93. The van der Waals surface area contributed by atoms with E-state index in [-0.39, 0.29) is 0 Å². The Kier molecular flexibility index (Phi) is 4.25. The Morgan fingerprint density at radius 3 is 3.00 bits per heavy atom. The Morgan fingerprint density at radius 2 is 2.28 bits per heavy atom. The number of likely N-dealkylation sites (tertiary alicyclic amines) is 1. The molecule has 5 nitrogen and oxygen atoms in total. The van der Waals surface area contributed by atoms with Gasteiger partial charge in [0.05, 0.1) is 12.8 Å². The molecule has 1 unspecified atom stereocenters. The number of aromatic nitrogens is 1. The van der Waals surface area contributed by atoms with Crippen LogP contribution in [0.5, 0.6) is 11.8 Å². The minimum absolute atomic E-state index is 0.421. The van der Waals surface area contributed by atoms with Crippen LogP contribution in [0.2, 0.25) is 0 Å². The molecule has 0 aromatic carbocycles. The normalized spacial score (nSPS) is 20.7. The monoisotopic (exact) mass is 251 g/mol. The second-order valence-electron chi connectivity index (χ2n) is 4.69. The summed E-state index contributed by atoms with van der Waals surface area (Å²) in [4.78, 5) is 6.56. The predicted octanol–water partition coefficient (Wildman–Crippen LogP) is 1.54. The maximum Gasteiger partial charge on any atom is 0.240 e. The quantitative estimate of drug-likeness (QED) is 0.879. The summed E-state index contributed by atoms with van der Waals surface area (Å²) in [5, 5.41) is 0. The number of rotatable bonds is 4. The highest BCUT2D eigenvalue weighted by Gasteiger charge is 2.19. The third-order valence-corrected chi connectivity index (χ3v) is 3.40. The highest BCUT2D eigenvalue weighted by atomic mass is 16.5. The molecule has 2 N–H and O–H groups in total. The van der Waals surface area contributed by atoms with Crippen LogP contribution in [0, 0.1) is 0 Å². The van der Waals surface area contributed by atoms with Crippen LogP contribution in [0.3, 0.4) is 0 Å². The van der Waals surface area contributed by atoms with Crippen molar-refractivity contribution >= 4 is 5.69 Å². The zero-order chi connectivity index (χ0) is 13.0. The van der Waals surface area contributed by atoms with E-state index in [1.165, 1.54) is 19.3 Å². The summed E-state index contributed by atoms with van der Waals surface area (Å²) >= 11 is 0. The van der Waals surface area contributed by atoms with Crippen molar-refractivity contribution in [2.75, 3.05) is 33.0 Å². The summed E-state index contributed by atoms with van der Waals surface area (Å²) in [6, 6.07) is 4.01. The molecule has 1 atom stereocenters. The van der Waals surface area contributed by atoms with E-state index in [0.717, 1.165) is 6.54 Å². The number of hydrogen-bond acceptors (Lipinski definition) is 5. The second kappa shape index (κ2) is 5.91. The Hall–Kier alpha value is -1.49. The van der Waals surface area contributed by atoms with E-state index in [1.54, 1.807) is 19.2 Å². The second-order valence-corrected chi connectivity index (χ2v) is 4.69. The van der Waals surface area contributed by atoms with Gasteiger partial charge in [-0.05, 0) is 32.5 Å². The van der Waals surface area contributed by atoms with Gasteiger partial charge in [-0.2, -0.15) is 4.98 Å². The number of methoxy groups -OCH3 is 1. The molecule has 2 heterocycles. The summed E-state index contributed by atoms with van der Waals surface area (Å²) in [5.41, 5.74) is 6.24. The number of anilines is 1. The zero-order valence-corrected chi connectivity index (χ0v) is 11.1. The van der Waals surface area contributed by atoms with Gasteiger partial charge >= 0.3 is 0 Å². The van der Waals surface area contributed by atoms with Gasteiger partial charge in [-0.3, -0.25) is 0 Å². The fraction of sp³-hybridized carbons (Fsp3) is 0.615. The van der Waals surface area contributed by atoms with Crippen LogP contribution in [0.25, 0.3) is 0 Å². The molecule has 100 valence electrons. The average Bonchev–Trinajstić information content (AvgIpc) is 2.39. The standard InChI is InChI=1S/C13H21N3O2/c1-16-8-4-3-5-10(16)9-18-12-7-6-11(14)13(15-12)17-2/h6-7,10H,3-5,8-9,14H2,1-2H3. The van der Waals surface area contributed by atoms with Gasteiger partial charge in [0, 0.05) is 12.1 Å². The van der Waals surface area contributed by atoms with Crippen LogP contribution in [0.1, 0.15) is 19.3 Å². The van der Waals surface area contributed by atoms with Crippen LogP contribution >= 0.6 is 0 Å². The van der Waals surface area contributed by atoms with Crippen LogP contribution in [0.15, 0.2) is 12.1 Å². The molecule has 1 fully saturated rings. The smallest absolute Gasteiger partial charge is 0.240 e. The third-order valence-electron chi connectivity index (χ3n) is 3.40. The van der Waals surface area contributed by atoms with Crippen molar-refractivity contribution in [2.45, 2.75) is 25.3 Å². The van der Waals surface area contributed by atoms with Crippen molar-refractivity contribution in [3.8, 4) is 11.8 Å². The van der Waals surface area contributed by atoms with Gasteiger partial charge in [-0.1, -0.05) is 6.42 Å². The first-order valence-electron chi connectivity index (χ1n) is 6.34. The van der Waals surface area contributed by atoms with Crippen LogP contribution in [-0.4, -0.2) is 43.2 Å². The lowest BCUT2D eigenvalue weighted by Crippen LogP contribution is -2.40. The Morgan fingerprint density at radius 1 is 1.44 bits per heavy atom. The molecule has 1 saturated heterocycles. The molecule has 0 aliphatic carbocycles. The molecule has 0 saturated carbocycles. The molecule has 1 aromatic rings. The molecule has 0 bridgehead atoms. The number of pyridine rings is 1. The van der Waals surface area contributed by atoms with Gasteiger partial charge in [0.25, 0.3) is 0 Å². The van der Waals surface area contributed by atoms with Crippen molar-refractivity contribution in [1.82, 2.24) is 9.88 Å². The van der Waals surface area contributed by atoms with Crippen molar-refractivity contribution < 1.29 is 9.47 Å². The first-order valence-corrected chi connectivity index (χ1v) is 6.34. The highest BCUT2D eigenvalue weighted by molar-refractivity contribution is 5.49. The molecule has 18 heavy (non-hydrogen) atoms. The maximum atomic E-state index is 5.73. The van der Waals surface area contributed by atoms with E-state index in [4.69, 9.17) is 15.2 Å². The zero-order valence-electron chi connectivity index (χ0n) is 11.1. The van der Waals surface area contributed by atoms with Crippen LogP contribution in [0.4, 0.5) is 5.69 Å². The molecule has 5 heteroatoms. The third kappa shape index (κ3) is 3.04. The SMILES string of the molecule is COc1nc(OCC2CCCCN2C)ccc1N. The summed E-state index contributed by atoms with van der Waals surface area (Å²) < 4.78 is 10.8. The molecular weight excluding hydrogens is 230 g/mol. The lowest BCUT2D eigenvalue weighted by molar-refractivity contribution is 0.122. The fourth-order valence-electron chi connectivity index (χ4n) is 2.21. The van der Waals surface area contributed by atoms with E-state index < -0.39 is 0 Å². The van der Waals surface area contributed by atoms with Gasteiger partial charge < -0.3 is 20.1 Å². The molecule has 0 radical (unpaired) electrons. The van der Waals surface area contributed by atoms with Crippen LogP contribution < -0.4 is 15.2 Å². The summed E-state index contributed by atoms with van der Waals surface area (Å²) in [6.07, 6.45) is 3.74. The first kappa shape index (κ1) is 13.0. The molecule has 1 aromatic heterocycles. The number of likely N-dealkylation sites (N-methyl/N-ethyl adjacent to an activating group) is 1. The minimum atomic E-state index is 0.421. The fourth-order valence-corrected chi connectivity index (χ4v) is 2.21. The molecular formula is C13H21N3O2. The van der Waals surface area contributed by atoms with E-state index in [1.807, 2.05) is 0 Å². The number of ether oxygens (including phenoxy) is 2. The topological polar surface area (TPSA) is 60.6 Å². The van der Waals surface area contributed by atoms with Crippen molar-refractivity contribution in [3.63, 3.8) is 0 Å². The highest BCUT2D eigenvalue weighted by Crippen LogP contribution is 2.22. The van der Waals surface area contributed by atoms with Gasteiger partial charge in [0.1, 0.15) is 6.61 Å². The first-order chi connectivity index (χ1) is 8.70. The largest absolute Gasteiger partial charge is 0.479 e. The number of nitrogen functional groups attached to an aromatic ring is 1. The molecule has 0 spiro atoms. The van der Waals surface area contributed by atoms with E-state index in [0.29, 0.717) is 30.1 Å². The van der Waals surface area contributed by atoms with Crippen molar-refractivity contribution in [1.29, 1.82) is 0 Å². The number of hydrogen-bond donors (Lipinski definition) is 1. The average molecular weight is 251 g/mol. The number of piperidine rings is 1. The Bertz CT molecular complexity index is 398. The predicted molar refractivity (Wildman–Crippen MR) is 71.0 cm³/mol. The van der Waals surface area contributed by atoms with Gasteiger partial charge in [0.15, 0.2) is 0 Å².